The first-order valence-electron chi connectivity index (χ1n) is 7.07. The number of fused-ring (bicyclic) bond motifs is 1. The van der Waals surface area contributed by atoms with Crippen molar-refractivity contribution in [1.82, 2.24) is 0 Å². The summed E-state index contributed by atoms with van der Waals surface area (Å²) >= 11 is 6.10. The van der Waals surface area contributed by atoms with Crippen LogP contribution in [0.4, 0.5) is 0 Å². The van der Waals surface area contributed by atoms with Crippen LogP contribution >= 0.6 is 11.6 Å². The van der Waals surface area contributed by atoms with E-state index >= 15 is 0 Å². The van der Waals surface area contributed by atoms with E-state index in [0.717, 1.165) is 11.4 Å². The first-order valence-corrected chi connectivity index (χ1v) is 7.44. The van der Waals surface area contributed by atoms with Crippen LogP contribution in [0, 0.1) is 6.92 Å². The molecule has 0 amide bonds. The zero-order chi connectivity index (χ0) is 13.2. The van der Waals surface area contributed by atoms with Gasteiger partial charge in [0.1, 0.15) is 0 Å². The summed E-state index contributed by atoms with van der Waals surface area (Å²) in [5.41, 5.74) is 5.69. The van der Waals surface area contributed by atoms with Crippen LogP contribution in [-0.4, -0.2) is 0 Å². The minimum Gasteiger partial charge on any atom is -0.0841 e. The minimum atomic E-state index is 0.672. The predicted octanol–water partition coefficient (Wildman–Crippen LogP) is 5.31. The molecule has 0 bridgehead atoms. The average Bonchev–Trinajstić information content (AvgIpc) is 2.43. The molecule has 1 heteroatoms. The number of benzene rings is 2. The SMILES string of the molecule is Cc1cc(CC2CCCc3ccccc32)ccc1Cl. The maximum Gasteiger partial charge on any atom is 0.0435 e. The van der Waals surface area contributed by atoms with Crippen molar-refractivity contribution < 1.29 is 0 Å². The van der Waals surface area contributed by atoms with Crippen LogP contribution in [0.3, 0.4) is 0 Å². The summed E-state index contributed by atoms with van der Waals surface area (Å²) in [5, 5.41) is 0.868. The molecule has 1 unspecified atom stereocenters. The third kappa shape index (κ3) is 2.69. The van der Waals surface area contributed by atoms with E-state index in [-0.39, 0.29) is 0 Å². The number of rotatable bonds is 2. The lowest BCUT2D eigenvalue weighted by molar-refractivity contribution is 0.550. The lowest BCUT2D eigenvalue weighted by Crippen LogP contribution is -2.12. The summed E-state index contributed by atoms with van der Waals surface area (Å²) in [7, 11) is 0. The van der Waals surface area contributed by atoms with Crippen LogP contribution in [0.25, 0.3) is 0 Å². The molecule has 0 saturated heterocycles. The molecule has 19 heavy (non-hydrogen) atoms. The van der Waals surface area contributed by atoms with Gasteiger partial charge in [0.25, 0.3) is 0 Å². The van der Waals surface area contributed by atoms with Crippen molar-refractivity contribution in [2.24, 2.45) is 0 Å². The molecule has 1 aliphatic carbocycles. The second kappa shape index (κ2) is 5.38. The molecule has 98 valence electrons. The molecule has 0 spiro atoms. The van der Waals surface area contributed by atoms with Crippen molar-refractivity contribution in [1.29, 1.82) is 0 Å². The maximum atomic E-state index is 6.10. The number of hydrogen-bond donors (Lipinski definition) is 0. The molecule has 2 aromatic carbocycles. The van der Waals surface area contributed by atoms with Crippen LogP contribution in [-0.2, 0) is 12.8 Å². The average molecular weight is 271 g/mol. The van der Waals surface area contributed by atoms with Crippen molar-refractivity contribution in [3.05, 3.63) is 69.7 Å². The number of hydrogen-bond acceptors (Lipinski definition) is 0. The van der Waals surface area contributed by atoms with E-state index in [1.807, 2.05) is 6.07 Å². The maximum absolute atomic E-state index is 6.10. The first kappa shape index (κ1) is 12.7. The predicted molar refractivity (Wildman–Crippen MR) is 82.0 cm³/mol. The summed E-state index contributed by atoms with van der Waals surface area (Å²) in [6.07, 6.45) is 4.99. The Morgan fingerprint density at radius 3 is 2.84 bits per heavy atom. The highest BCUT2D eigenvalue weighted by molar-refractivity contribution is 6.31. The molecule has 3 rings (SSSR count). The molecule has 0 aromatic heterocycles. The zero-order valence-corrected chi connectivity index (χ0v) is 12.1. The Hall–Kier alpha value is -1.27. The first-order chi connectivity index (χ1) is 9.24. The van der Waals surface area contributed by atoms with Gasteiger partial charge in [0, 0.05) is 5.02 Å². The molecule has 0 heterocycles. The van der Waals surface area contributed by atoms with Crippen molar-refractivity contribution in [3.63, 3.8) is 0 Å². The van der Waals surface area contributed by atoms with Gasteiger partial charge in [0.2, 0.25) is 0 Å². The minimum absolute atomic E-state index is 0.672. The molecule has 0 saturated carbocycles. The molecule has 1 atom stereocenters. The zero-order valence-electron chi connectivity index (χ0n) is 11.3. The molecule has 2 aromatic rings. The van der Waals surface area contributed by atoms with Gasteiger partial charge in [-0.2, -0.15) is 0 Å². The highest BCUT2D eigenvalue weighted by atomic mass is 35.5. The van der Waals surface area contributed by atoms with E-state index < -0.39 is 0 Å². The Labute approximate surface area is 120 Å². The summed E-state index contributed by atoms with van der Waals surface area (Å²) in [4.78, 5) is 0. The van der Waals surface area contributed by atoms with Crippen LogP contribution in [0.5, 0.6) is 0 Å². The fourth-order valence-electron chi connectivity index (χ4n) is 3.18. The molecular formula is C18H19Cl. The van der Waals surface area contributed by atoms with Gasteiger partial charge in [0.05, 0.1) is 0 Å². The quantitative estimate of drug-likeness (QED) is 0.694. The Morgan fingerprint density at radius 2 is 2.00 bits per heavy atom. The fraction of sp³-hybridized carbons (Fsp3) is 0.333. The van der Waals surface area contributed by atoms with Crippen molar-refractivity contribution >= 4 is 11.6 Å². The molecule has 0 N–H and O–H groups in total. The molecule has 0 fully saturated rings. The highest BCUT2D eigenvalue weighted by Gasteiger charge is 2.19. The monoisotopic (exact) mass is 270 g/mol. The van der Waals surface area contributed by atoms with Crippen LogP contribution < -0.4 is 0 Å². The van der Waals surface area contributed by atoms with Crippen molar-refractivity contribution in [2.45, 2.75) is 38.5 Å². The molecule has 1 aliphatic rings. The topological polar surface area (TPSA) is 0 Å². The molecule has 0 radical (unpaired) electrons. The van der Waals surface area contributed by atoms with E-state index in [1.165, 1.54) is 30.4 Å². The second-order valence-corrected chi connectivity index (χ2v) is 5.98. The summed E-state index contributed by atoms with van der Waals surface area (Å²) < 4.78 is 0. The Bertz CT molecular complexity index is 586. The van der Waals surface area contributed by atoms with Crippen molar-refractivity contribution in [2.75, 3.05) is 0 Å². The van der Waals surface area contributed by atoms with Gasteiger partial charge < -0.3 is 0 Å². The van der Waals surface area contributed by atoms with E-state index in [9.17, 15) is 0 Å². The highest BCUT2D eigenvalue weighted by Crippen LogP contribution is 2.34. The van der Waals surface area contributed by atoms with E-state index in [4.69, 9.17) is 11.6 Å². The van der Waals surface area contributed by atoms with E-state index in [2.05, 4.69) is 43.3 Å². The van der Waals surface area contributed by atoms with Gasteiger partial charge in [-0.05, 0) is 66.8 Å². The van der Waals surface area contributed by atoms with Gasteiger partial charge in [-0.15, -0.1) is 0 Å². The van der Waals surface area contributed by atoms with Crippen LogP contribution in [0.15, 0.2) is 42.5 Å². The Morgan fingerprint density at radius 1 is 1.16 bits per heavy atom. The van der Waals surface area contributed by atoms with Crippen LogP contribution in [0.2, 0.25) is 5.02 Å². The van der Waals surface area contributed by atoms with Crippen LogP contribution in [0.1, 0.15) is 41.0 Å². The summed E-state index contributed by atoms with van der Waals surface area (Å²) in [6, 6.07) is 15.4. The van der Waals surface area contributed by atoms with Gasteiger partial charge >= 0.3 is 0 Å². The standard InChI is InChI=1S/C18H19Cl/c1-13-11-14(9-10-18(13)19)12-16-7-4-6-15-5-2-3-8-17(15)16/h2-3,5,8-11,16H,4,6-7,12H2,1H3. The fourth-order valence-corrected chi connectivity index (χ4v) is 3.30. The summed E-state index contributed by atoms with van der Waals surface area (Å²) in [6.45, 7) is 2.08. The van der Waals surface area contributed by atoms with Gasteiger partial charge in [0.15, 0.2) is 0 Å². The Balaban J connectivity index is 1.86. The number of halogens is 1. The van der Waals surface area contributed by atoms with E-state index in [0.29, 0.717) is 5.92 Å². The summed E-state index contributed by atoms with van der Waals surface area (Å²) in [5.74, 6) is 0.672. The normalized spacial score (nSPS) is 18.1. The Kier molecular flexibility index (Phi) is 3.61. The van der Waals surface area contributed by atoms with Gasteiger partial charge in [-0.25, -0.2) is 0 Å². The lowest BCUT2D eigenvalue weighted by atomic mass is 9.79. The third-order valence-corrected chi connectivity index (χ3v) is 4.62. The van der Waals surface area contributed by atoms with Gasteiger partial charge in [-0.1, -0.05) is 48.0 Å². The third-order valence-electron chi connectivity index (χ3n) is 4.20. The molecule has 0 nitrogen and oxygen atoms in total. The van der Waals surface area contributed by atoms with E-state index in [1.54, 1.807) is 11.1 Å². The molecule has 0 aliphatic heterocycles. The molecular weight excluding hydrogens is 252 g/mol. The lowest BCUT2D eigenvalue weighted by Gasteiger charge is -2.25. The van der Waals surface area contributed by atoms with Gasteiger partial charge in [-0.3, -0.25) is 0 Å². The second-order valence-electron chi connectivity index (χ2n) is 5.58. The smallest absolute Gasteiger partial charge is 0.0435 e. The number of aryl methyl sites for hydroxylation is 2. The largest absolute Gasteiger partial charge is 0.0841 e. The van der Waals surface area contributed by atoms with Crippen molar-refractivity contribution in [3.8, 4) is 0 Å².